The molecule has 0 saturated heterocycles. The van der Waals surface area contributed by atoms with Crippen LogP contribution in [0.4, 0.5) is 0 Å². The standard InChI is InChI=1S/C20H24N4/c1-2-24-16-17(15-21-24)10-12-23-14-13-22-11-6-9-19(22)20(23)18-7-4-3-5-8-18/h3-9,11,15-16,20H,2,10,12-14H2,1H3. The average molecular weight is 320 g/mol. The van der Waals surface area contributed by atoms with Crippen LogP contribution in [-0.4, -0.2) is 32.3 Å². The molecule has 3 aromatic rings. The Morgan fingerprint density at radius 3 is 2.75 bits per heavy atom. The highest BCUT2D eigenvalue weighted by Crippen LogP contribution is 2.32. The highest BCUT2D eigenvalue weighted by atomic mass is 15.3. The first-order valence-corrected chi connectivity index (χ1v) is 8.80. The van der Waals surface area contributed by atoms with E-state index in [0.717, 1.165) is 32.6 Å². The third kappa shape index (κ3) is 2.89. The lowest BCUT2D eigenvalue weighted by Gasteiger charge is -2.37. The minimum Gasteiger partial charge on any atom is -0.348 e. The van der Waals surface area contributed by atoms with E-state index in [0.29, 0.717) is 6.04 Å². The fraction of sp³-hybridized carbons (Fsp3) is 0.350. The molecule has 1 aromatic carbocycles. The van der Waals surface area contributed by atoms with Crippen molar-refractivity contribution in [3.63, 3.8) is 0 Å². The van der Waals surface area contributed by atoms with Crippen molar-refractivity contribution < 1.29 is 0 Å². The zero-order chi connectivity index (χ0) is 16.4. The molecular weight excluding hydrogens is 296 g/mol. The first kappa shape index (κ1) is 15.2. The maximum Gasteiger partial charge on any atom is 0.0756 e. The molecule has 3 heterocycles. The van der Waals surface area contributed by atoms with Gasteiger partial charge in [0.15, 0.2) is 0 Å². The van der Waals surface area contributed by atoms with Crippen LogP contribution in [0.25, 0.3) is 0 Å². The van der Waals surface area contributed by atoms with E-state index in [-0.39, 0.29) is 0 Å². The van der Waals surface area contributed by atoms with Gasteiger partial charge in [-0.05, 0) is 36.6 Å². The third-order valence-electron chi connectivity index (χ3n) is 4.95. The molecular formula is C20H24N4. The predicted octanol–water partition coefficient (Wildman–Crippen LogP) is 3.35. The van der Waals surface area contributed by atoms with Gasteiger partial charge in [0.1, 0.15) is 0 Å². The Kier molecular flexibility index (Phi) is 4.22. The Bertz CT molecular complexity index is 787. The first-order valence-electron chi connectivity index (χ1n) is 8.80. The SMILES string of the molecule is CCn1cc(CCN2CCn3cccc3C2c2ccccc2)cn1. The molecule has 0 saturated carbocycles. The molecule has 2 aromatic heterocycles. The summed E-state index contributed by atoms with van der Waals surface area (Å²) in [7, 11) is 0. The van der Waals surface area contributed by atoms with Crippen LogP contribution in [0.15, 0.2) is 61.1 Å². The Morgan fingerprint density at radius 1 is 1.08 bits per heavy atom. The lowest BCUT2D eigenvalue weighted by Crippen LogP contribution is -2.39. The van der Waals surface area contributed by atoms with E-state index in [1.807, 2.05) is 10.9 Å². The second-order valence-corrected chi connectivity index (χ2v) is 6.43. The van der Waals surface area contributed by atoms with Gasteiger partial charge in [-0.1, -0.05) is 30.3 Å². The number of hydrogen-bond acceptors (Lipinski definition) is 2. The number of hydrogen-bond donors (Lipinski definition) is 0. The minimum atomic E-state index is 0.344. The molecule has 0 N–H and O–H groups in total. The zero-order valence-electron chi connectivity index (χ0n) is 14.2. The summed E-state index contributed by atoms with van der Waals surface area (Å²) in [5, 5.41) is 4.40. The van der Waals surface area contributed by atoms with Crippen molar-refractivity contribution in [1.29, 1.82) is 0 Å². The minimum absolute atomic E-state index is 0.344. The fourth-order valence-electron chi connectivity index (χ4n) is 3.67. The normalized spacial score (nSPS) is 17.8. The van der Waals surface area contributed by atoms with Crippen molar-refractivity contribution in [3.05, 3.63) is 77.9 Å². The fourth-order valence-corrected chi connectivity index (χ4v) is 3.67. The highest BCUT2D eigenvalue weighted by molar-refractivity contribution is 5.30. The van der Waals surface area contributed by atoms with E-state index in [1.165, 1.54) is 16.8 Å². The van der Waals surface area contributed by atoms with E-state index >= 15 is 0 Å². The molecule has 1 aliphatic heterocycles. The topological polar surface area (TPSA) is 26.0 Å². The smallest absolute Gasteiger partial charge is 0.0756 e. The maximum absolute atomic E-state index is 4.40. The molecule has 0 amide bonds. The summed E-state index contributed by atoms with van der Waals surface area (Å²) in [5.41, 5.74) is 4.10. The summed E-state index contributed by atoms with van der Waals surface area (Å²) in [6.45, 7) is 6.27. The van der Waals surface area contributed by atoms with Crippen molar-refractivity contribution in [3.8, 4) is 0 Å². The second kappa shape index (κ2) is 6.65. The molecule has 4 heteroatoms. The number of aryl methyl sites for hydroxylation is 1. The Balaban J connectivity index is 1.57. The summed E-state index contributed by atoms with van der Waals surface area (Å²) in [6.07, 6.45) is 7.43. The summed E-state index contributed by atoms with van der Waals surface area (Å²) >= 11 is 0. The van der Waals surface area contributed by atoms with Gasteiger partial charge >= 0.3 is 0 Å². The summed E-state index contributed by atoms with van der Waals surface area (Å²) in [4.78, 5) is 2.61. The van der Waals surface area contributed by atoms with Crippen molar-refractivity contribution in [2.45, 2.75) is 32.5 Å². The number of benzene rings is 1. The van der Waals surface area contributed by atoms with Crippen LogP contribution in [0.2, 0.25) is 0 Å². The zero-order valence-corrected chi connectivity index (χ0v) is 14.2. The van der Waals surface area contributed by atoms with Crippen molar-refractivity contribution in [2.75, 3.05) is 13.1 Å². The van der Waals surface area contributed by atoms with Gasteiger partial charge in [0, 0.05) is 44.3 Å². The van der Waals surface area contributed by atoms with Gasteiger partial charge in [0.2, 0.25) is 0 Å². The van der Waals surface area contributed by atoms with Crippen LogP contribution in [0.1, 0.15) is 29.8 Å². The second-order valence-electron chi connectivity index (χ2n) is 6.43. The van der Waals surface area contributed by atoms with Gasteiger partial charge in [0.05, 0.1) is 12.2 Å². The molecule has 0 spiro atoms. The van der Waals surface area contributed by atoms with Crippen LogP contribution < -0.4 is 0 Å². The lowest BCUT2D eigenvalue weighted by molar-refractivity contribution is 0.185. The van der Waals surface area contributed by atoms with Gasteiger partial charge in [-0.25, -0.2) is 0 Å². The molecule has 1 atom stereocenters. The summed E-state index contributed by atoms with van der Waals surface area (Å²) in [5.74, 6) is 0. The molecule has 0 fully saturated rings. The molecule has 0 radical (unpaired) electrons. The number of nitrogens with zero attached hydrogens (tertiary/aromatic N) is 4. The van der Waals surface area contributed by atoms with Crippen molar-refractivity contribution >= 4 is 0 Å². The maximum atomic E-state index is 4.40. The van der Waals surface area contributed by atoms with Crippen LogP contribution >= 0.6 is 0 Å². The largest absolute Gasteiger partial charge is 0.348 e. The molecule has 1 aliphatic rings. The van der Waals surface area contributed by atoms with Crippen molar-refractivity contribution in [1.82, 2.24) is 19.2 Å². The van der Waals surface area contributed by atoms with Gasteiger partial charge in [-0.2, -0.15) is 5.10 Å². The van der Waals surface area contributed by atoms with Crippen LogP contribution in [-0.2, 0) is 19.5 Å². The predicted molar refractivity (Wildman–Crippen MR) is 95.9 cm³/mol. The van der Waals surface area contributed by atoms with Gasteiger partial charge in [-0.15, -0.1) is 0 Å². The van der Waals surface area contributed by atoms with Crippen LogP contribution in [0.3, 0.4) is 0 Å². The number of rotatable bonds is 5. The quantitative estimate of drug-likeness (QED) is 0.720. The van der Waals surface area contributed by atoms with E-state index in [1.54, 1.807) is 0 Å². The van der Waals surface area contributed by atoms with E-state index in [4.69, 9.17) is 0 Å². The average Bonchev–Trinajstić information content (AvgIpc) is 3.29. The van der Waals surface area contributed by atoms with E-state index in [9.17, 15) is 0 Å². The molecule has 124 valence electrons. The molecule has 1 unspecified atom stereocenters. The molecule has 24 heavy (non-hydrogen) atoms. The monoisotopic (exact) mass is 320 g/mol. The van der Waals surface area contributed by atoms with Gasteiger partial charge < -0.3 is 4.57 Å². The molecule has 4 nitrogen and oxygen atoms in total. The lowest BCUT2D eigenvalue weighted by atomic mass is 9.99. The van der Waals surface area contributed by atoms with Crippen molar-refractivity contribution in [2.24, 2.45) is 0 Å². The van der Waals surface area contributed by atoms with E-state index < -0.39 is 0 Å². The molecule has 0 aliphatic carbocycles. The van der Waals surface area contributed by atoms with Crippen LogP contribution in [0.5, 0.6) is 0 Å². The Hall–Kier alpha value is -2.33. The summed E-state index contributed by atoms with van der Waals surface area (Å²) < 4.78 is 4.40. The van der Waals surface area contributed by atoms with Crippen LogP contribution in [0, 0.1) is 0 Å². The van der Waals surface area contributed by atoms with Gasteiger partial charge in [0.25, 0.3) is 0 Å². The molecule has 0 bridgehead atoms. The number of aromatic nitrogens is 3. The number of fused-ring (bicyclic) bond motifs is 1. The Labute approximate surface area is 143 Å². The third-order valence-corrected chi connectivity index (χ3v) is 4.95. The Morgan fingerprint density at radius 2 is 1.96 bits per heavy atom. The molecule has 4 rings (SSSR count). The first-order chi connectivity index (χ1) is 11.8. The summed E-state index contributed by atoms with van der Waals surface area (Å²) in [6, 6.07) is 15.6. The van der Waals surface area contributed by atoms with E-state index in [2.05, 4.69) is 76.3 Å². The van der Waals surface area contributed by atoms with Gasteiger partial charge in [-0.3, -0.25) is 9.58 Å². The highest BCUT2D eigenvalue weighted by Gasteiger charge is 2.28.